The first-order valence-electron chi connectivity index (χ1n) is 10.0. The lowest BCUT2D eigenvalue weighted by molar-refractivity contribution is -0.387. The summed E-state index contributed by atoms with van der Waals surface area (Å²) in [4.78, 5) is 46.5. The highest BCUT2D eigenvalue weighted by molar-refractivity contribution is 5.89. The van der Waals surface area contributed by atoms with Gasteiger partial charge in [-0.3, -0.25) is 14.9 Å². The van der Waals surface area contributed by atoms with E-state index in [1.165, 1.54) is 6.07 Å². The molecule has 3 N–H and O–H groups in total. The Morgan fingerprint density at radius 3 is 2.33 bits per heavy atom. The molecule has 0 spiro atoms. The van der Waals surface area contributed by atoms with Gasteiger partial charge in [-0.1, -0.05) is 50.2 Å². The fourth-order valence-corrected chi connectivity index (χ4v) is 2.95. The van der Waals surface area contributed by atoms with Gasteiger partial charge < -0.3 is 20.5 Å². The molecule has 176 valence electrons. The molecule has 11 heteroatoms. The summed E-state index contributed by atoms with van der Waals surface area (Å²) in [7, 11) is 0. The number of aliphatic carboxylic acids is 1. The zero-order valence-corrected chi connectivity index (χ0v) is 18.0. The summed E-state index contributed by atoms with van der Waals surface area (Å²) in [5, 5.41) is 25.1. The third-order valence-electron chi connectivity index (χ3n) is 4.70. The molecule has 2 rings (SSSR count). The van der Waals surface area contributed by atoms with E-state index in [4.69, 9.17) is 4.74 Å². The van der Waals surface area contributed by atoms with E-state index >= 15 is 0 Å². The molecular weight excluding hydrogens is 437 g/mol. The molecule has 0 radical (unpaired) electrons. The number of nitrogens with one attached hydrogen (secondary N) is 2. The number of carbonyl (C=O) groups is 3. The Labute approximate surface area is 188 Å². The molecule has 0 aliphatic heterocycles. The summed E-state index contributed by atoms with van der Waals surface area (Å²) < 4.78 is 18.6. The van der Waals surface area contributed by atoms with Gasteiger partial charge in [-0.05, 0) is 23.1 Å². The van der Waals surface area contributed by atoms with E-state index in [-0.39, 0.29) is 18.6 Å². The molecule has 2 atom stereocenters. The Morgan fingerprint density at radius 1 is 1.09 bits per heavy atom. The number of carbonyl (C=O) groups excluding carboxylic acids is 2. The molecule has 0 heterocycles. The lowest BCUT2D eigenvalue weighted by Crippen LogP contribution is -2.54. The quantitative estimate of drug-likeness (QED) is 0.364. The van der Waals surface area contributed by atoms with E-state index in [0.29, 0.717) is 0 Å². The van der Waals surface area contributed by atoms with Crippen LogP contribution in [-0.2, 0) is 27.4 Å². The van der Waals surface area contributed by atoms with Gasteiger partial charge in [-0.25, -0.2) is 9.59 Å². The number of nitrogens with zero attached hydrogens (tertiary/aromatic N) is 1. The number of hydrogen-bond acceptors (Lipinski definition) is 6. The molecule has 0 fully saturated rings. The molecule has 0 saturated heterocycles. The third kappa shape index (κ3) is 7.56. The minimum Gasteiger partial charge on any atom is -0.480 e. The number of benzene rings is 2. The number of alkyl carbamates (subject to hydrolysis) is 1. The Bertz CT molecular complexity index is 1010. The van der Waals surface area contributed by atoms with Crippen LogP contribution < -0.4 is 10.6 Å². The minimum atomic E-state index is -1.47. The number of rotatable bonds is 10. The maximum Gasteiger partial charge on any atom is 0.408 e. The summed E-state index contributed by atoms with van der Waals surface area (Å²) in [5.74, 6) is -3.64. The molecule has 0 unspecified atom stereocenters. The van der Waals surface area contributed by atoms with Gasteiger partial charge >= 0.3 is 17.7 Å². The van der Waals surface area contributed by atoms with Crippen LogP contribution in [0.4, 0.5) is 14.9 Å². The van der Waals surface area contributed by atoms with Crippen LogP contribution in [0.5, 0.6) is 0 Å². The van der Waals surface area contributed by atoms with Crippen LogP contribution >= 0.6 is 0 Å². The summed E-state index contributed by atoms with van der Waals surface area (Å²) in [6, 6.07) is 9.30. The van der Waals surface area contributed by atoms with Crippen molar-refractivity contribution in [1.29, 1.82) is 0 Å². The lowest BCUT2D eigenvalue weighted by atomic mass is 10.0. The van der Waals surface area contributed by atoms with E-state index in [1.54, 1.807) is 38.1 Å². The van der Waals surface area contributed by atoms with Crippen molar-refractivity contribution in [2.75, 3.05) is 0 Å². The topological polar surface area (TPSA) is 148 Å². The highest BCUT2D eigenvalue weighted by atomic mass is 19.1. The van der Waals surface area contributed by atoms with Crippen molar-refractivity contribution < 1.29 is 33.5 Å². The van der Waals surface area contributed by atoms with E-state index in [2.05, 4.69) is 10.6 Å². The van der Waals surface area contributed by atoms with Crippen LogP contribution in [0.15, 0.2) is 48.5 Å². The lowest BCUT2D eigenvalue weighted by Gasteiger charge is -2.24. The van der Waals surface area contributed by atoms with Gasteiger partial charge in [0.2, 0.25) is 11.7 Å². The molecule has 2 aromatic rings. The molecule has 0 aliphatic rings. The van der Waals surface area contributed by atoms with E-state index in [0.717, 1.165) is 17.7 Å². The molecular formula is C22H24FN3O7. The number of ether oxygens (including phenoxy) is 1. The van der Waals surface area contributed by atoms with Crippen molar-refractivity contribution in [3.05, 3.63) is 75.6 Å². The zero-order chi connectivity index (χ0) is 24.5. The number of carboxylic acid groups (broad SMARTS) is 1. The van der Waals surface area contributed by atoms with Crippen LogP contribution in [0, 0.1) is 21.8 Å². The van der Waals surface area contributed by atoms with Crippen LogP contribution in [0.3, 0.4) is 0 Å². The van der Waals surface area contributed by atoms with Gasteiger partial charge in [0.15, 0.2) is 0 Å². The maximum atomic E-state index is 13.5. The fraction of sp³-hybridized carbons (Fsp3) is 0.318. The first kappa shape index (κ1) is 25.2. The molecule has 2 amide bonds. The van der Waals surface area contributed by atoms with E-state index < -0.39 is 52.4 Å². The predicted octanol–water partition coefficient (Wildman–Crippen LogP) is 2.80. The molecule has 0 aromatic heterocycles. The largest absolute Gasteiger partial charge is 0.480 e. The fourth-order valence-electron chi connectivity index (χ4n) is 2.95. The van der Waals surface area contributed by atoms with Crippen molar-refractivity contribution in [2.45, 2.75) is 39.0 Å². The van der Waals surface area contributed by atoms with Gasteiger partial charge in [0, 0.05) is 12.5 Å². The Kier molecular flexibility index (Phi) is 8.84. The molecule has 0 aliphatic carbocycles. The van der Waals surface area contributed by atoms with Crippen molar-refractivity contribution in [3.8, 4) is 0 Å². The van der Waals surface area contributed by atoms with Crippen molar-refractivity contribution in [1.82, 2.24) is 10.6 Å². The number of hydrogen-bond donors (Lipinski definition) is 3. The second kappa shape index (κ2) is 11.6. The summed E-state index contributed by atoms with van der Waals surface area (Å²) in [6.07, 6.45) is -1.18. The second-order valence-electron chi connectivity index (χ2n) is 7.57. The first-order chi connectivity index (χ1) is 15.6. The van der Waals surface area contributed by atoms with Gasteiger partial charge in [-0.15, -0.1) is 0 Å². The SMILES string of the molecule is CC(C)[C@@H](NC(=O)OCc1ccccc1)C(=O)N[C@@H](Cc1ccc(F)c([N+](=O)[O-])c1)C(=O)O. The average Bonchev–Trinajstić information content (AvgIpc) is 2.76. The number of amides is 2. The molecule has 2 aromatic carbocycles. The maximum absolute atomic E-state index is 13.5. The molecule has 10 nitrogen and oxygen atoms in total. The summed E-state index contributed by atoms with van der Waals surface area (Å²) in [6.45, 7) is 3.29. The predicted molar refractivity (Wildman–Crippen MR) is 115 cm³/mol. The smallest absolute Gasteiger partial charge is 0.408 e. The van der Waals surface area contributed by atoms with E-state index in [1.807, 2.05) is 6.07 Å². The zero-order valence-electron chi connectivity index (χ0n) is 18.0. The summed E-state index contributed by atoms with van der Waals surface area (Å²) >= 11 is 0. The van der Waals surface area contributed by atoms with Crippen molar-refractivity contribution in [2.24, 2.45) is 5.92 Å². The third-order valence-corrected chi connectivity index (χ3v) is 4.70. The van der Waals surface area contributed by atoms with Crippen LogP contribution in [0.1, 0.15) is 25.0 Å². The summed E-state index contributed by atoms with van der Waals surface area (Å²) in [5.41, 5.74) is 0.0931. The number of nitro benzene ring substituents is 1. The molecule has 0 bridgehead atoms. The van der Waals surface area contributed by atoms with Gasteiger partial charge in [0.25, 0.3) is 0 Å². The Balaban J connectivity index is 2.05. The highest BCUT2D eigenvalue weighted by Gasteiger charge is 2.29. The Hall–Kier alpha value is -4.02. The van der Waals surface area contributed by atoms with Gasteiger partial charge in [0.1, 0.15) is 18.7 Å². The molecule has 33 heavy (non-hydrogen) atoms. The Morgan fingerprint density at radius 2 is 1.76 bits per heavy atom. The van der Waals surface area contributed by atoms with E-state index in [9.17, 15) is 34.0 Å². The first-order valence-corrected chi connectivity index (χ1v) is 10.0. The normalized spacial score (nSPS) is 12.5. The minimum absolute atomic E-state index is 0.0137. The van der Waals surface area contributed by atoms with Crippen molar-refractivity contribution >= 4 is 23.7 Å². The van der Waals surface area contributed by atoms with Gasteiger partial charge in [0.05, 0.1) is 4.92 Å². The van der Waals surface area contributed by atoms with Crippen LogP contribution in [-0.4, -0.2) is 40.1 Å². The standard InChI is InChI=1S/C22H24FN3O7/c1-13(2)19(25-22(30)33-12-14-6-4-3-5-7-14)20(27)24-17(21(28)29)10-15-8-9-16(23)18(11-15)26(31)32/h3-9,11,13,17,19H,10,12H2,1-2H3,(H,24,27)(H,25,30)(H,28,29)/t17-,19+/m0/s1. The number of halogens is 1. The second-order valence-corrected chi connectivity index (χ2v) is 7.57. The number of carboxylic acids is 1. The number of nitro groups is 1. The molecule has 0 saturated carbocycles. The average molecular weight is 461 g/mol. The van der Waals surface area contributed by atoms with Crippen LogP contribution in [0.25, 0.3) is 0 Å². The monoisotopic (exact) mass is 461 g/mol. The van der Waals surface area contributed by atoms with Gasteiger partial charge in [-0.2, -0.15) is 4.39 Å². The van der Waals surface area contributed by atoms with Crippen LogP contribution in [0.2, 0.25) is 0 Å². The highest BCUT2D eigenvalue weighted by Crippen LogP contribution is 2.19. The van der Waals surface area contributed by atoms with Crippen molar-refractivity contribution in [3.63, 3.8) is 0 Å².